The maximum Gasteiger partial charge on any atom is 0.312 e. The minimum Gasteiger partial charge on any atom is -0.493 e. The molecular formula is C18H13N3O3S. The van der Waals surface area contributed by atoms with Gasteiger partial charge >= 0.3 is 4.87 Å². The van der Waals surface area contributed by atoms with Crippen molar-refractivity contribution < 1.29 is 9.90 Å². The van der Waals surface area contributed by atoms with Gasteiger partial charge in [0, 0.05) is 10.9 Å². The van der Waals surface area contributed by atoms with E-state index in [0.29, 0.717) is 10.6 Å². The van der Waals surface area contributed by atoms with E-state index in [1.165, 1.54) is 4.57 Å². The van der Waals surface area contributed by atoms with Crippen molar-refractivity contribution in [3.05, 3.63) is 79.7 Å². The summed E-state index contributed by atoms with van der Waals surface area (Å²) in [6.45, 7) is 0.103. The zero-order valence-electron chi connectivity index (χ0n) is 13.0. The van der Waals surface area contributed by atoms with Gasteiger partial charge in [0.1, 0.15) is 4.88 Å². The molecule has 0 spiro atoms. The van der Waals surface area contributed by atoms with Gasteiger partial charge < -0.3 is 10.4 Å². The van der Waals surface area contributed by atoms with Gasteiger partial charge in [0.05, 0.1) is 17.6 Å². The molecule has 1 aliphatic rings. The molecular weight excluding hydrogens is 338 g/mol. The number of thiazole rings is 1. The fourth-order valence-electron chi connectivity index (χ4n) is 2.71. The van der Waals surface area contributed by atoms with E-state index in [0.717, 1.165) is 17.0 Å². The first-order valence-electron chi connectivity index (χ1n) is 7.59. The highest BCUT2D eigenvalue weighted by Crippen LogP contribution is 2.28. The molecule has 1 aliphatic heterocycles. The summed E-state index contributed by atoms with van der Waals surface area (Å²) in [5.41, 5.74) is 1.10. The molecule has 0 atom stereocenters. The zero-order chi connectivity index (χ0) is 17.4. The average Bonchev–Trinajstić information content (AvgIpc) is 3.09. The lowest BCUT2D eigenvalue weighted by Crippen LogP contribution is -2.22. The van der Waals surface area contributed by atoms with Crippen molar-refractivity contribution in [2.45, 2.75) is 6.67 Å². The normalized spacial score (nSPS) is 12.8. The fraction of sp³-hybridized carbons (Fsp3) is 0.0556. The molecule has 124 valence electrons. The Labute approximate surface area is 146 Å². The zero-order valence-corrected chi connectivity index (χ0v) is 13.8. The van der Waals surface area contributed by atoms with E-state index in [9.17, 15) is 14.7 Å². The third-order valence-electron chi connectivity index (χ3n) is 3.92. The predicted molar refractivity (Wildman–Crippen MR) is 95.0 cm³/mol. The molecule has 0 bridgehead atoms. The molecule has 0 fully saturated rings. The summed E-state index contributed by atoms with van der Waals surface area (Å²) in [7, 11) is 0. The van der Waals surface area contributed by atoms with Gasteiger partial charge in [0.15, 0.2) is 0 Å². The fourth-order valence-corrected chi connectivity index (χ4v) is 3.64. The molecule has 0 saturated carbocycles. The highest BCUT2D eigenvalue weighted by Gasteiger charge is 2.25. The molecule has 7 heteroatoms. The van der Waals surface area contributed by atoms with Gasteiger partial charge in [-0.05, 0) is 18.2 Å². The summed E-state index contributed by atoms with van der Waals surface area (Å²) in [6, 6.07) is 16.4. The Morgan fingerprint density at radius 2 is 1.76 bits per heavy atom. The molecule has 0 radical (unpaired) electrons. The number of nitrogens with zero attached hydrogens (tertiary/aromatic N) is 2. The number of aromatic hydroxyl groups is 1. The van der Waals surface area contributed by atoms with Gasteiger partial charge in [-0.1, -0.05) is 47.7 Å². The van der Waals surface area contributed by atoms with E-state index in [2.05, 4.69) is 10.3 Å². The van der Waals surface area contributed by atoms with E-state index in [4.69, 9.17) is 0 Å². The quantitative estimate of drug-likeness (QED) is 0.736. The van der Waals surface area contributed by atoms with Gasteiger partial charge in [0.2, 0.25) is 5.88 Å². The van der Waals surface area contributed by atoms with Crippen molar-refractivity contribution in [3.8, 4) is 5.88 Å². The molecule has 1 amide bonds. The summed E-state index contributed by atoms with van der Waals surface area (Å²) in [5.74, 6) is -0.672. The monoisotopic (exact) mass is 351 g/mol. The number of nitrogens with one attached hydrogen (secondary N) is 1. The number of hydrogen-bond acceptors (Lipinski definition) is 5. The van der Waals surface area contributed by atoms with Crippen molar-refractivity contribution in [1.82, 2.24) is 4.57 Å². The smallest absolute Gasteiger partial charge is 0.312 e. The summed E-state index contributed by atoms with van der Waals surface area (Å²) in [5, 5.41) is 14.8. The maximum atomic E-state index is 12.3. The maximum absolute atomic E-state index is 12.3. The molecule has 1 aromatic heterocycles. The van der Waals surface area contributed by atoms with Crippen LogP contribution >= 0.6 is 11.3 Å². The van der Waals surface area contributed by atoms with Gasteiger partial charge in [0.25, 0.3) is 5.91 Å². The van der Waals surface area contributed by atoms with Crippen LogP contribution in [0.3, 0.4) is 0 Å². The number of benzene rings is 2. The molecule has 0 saturated heterocycles. The second-order valence-corrected chi connectivity index (χ2v) is 6.42. The van der Waals surface area contributed by atoms with Crippen molar-refractivity contribution in [2.75, 3.05) is 5.32 Å². The lowest BCUT2D eigenvalue weighted by Gasteiger charge is -2.07. The largest absolute Gasteiger partial charge is 0.493 e. The van der Waals surface area contributed by atoms with Crippen LogP contribution in [0.5, 0.6) is 5.88 Å². The van der Waals surface area contributed by atoms with E-state index in [-0.39, 0.29) is 27.9 Å². The molecule has 0 aliphatic carbocycles. The Bertz CT molecular complexity index is 1150. The standard InChI is InChI=1S/C18H13N3O3S/c22-16-14(12-8-4-5-9-13(12)20-16)15-17(23)21(18(24)25-15)10-19-11-6-2-1-3-7-11/h1-9,19,23H,10H2. The number of rotatable bonds is 4. The van der Waals surface area contributed by atoms with Crippen LogP contribution in [0.2, 0.25) is 0 Å². The third-order valence-corrected chi connectivity index (χ3v) is 4.91. The van der Waals surface area contributed by atoms with Crippen LogP contribution in [0.4, 0.5) is 5.69 Å². The van der Waals surface area contributed by atoms with Crippen molar-refractivity contribution in [3.63, 3.8) is 0 Å². The number of para-hydroxylation sites is 2. The van der Waals surface area contributed by atoms with E-state index >= 15 is 0 Å². The molecule has 2 heterocycles. The van der Waals surface area contributed by atoms with Crippen LogP contribution in [-0.4, -0.2) is 15.6 Å². The second kappa shape index (κ2) is 6.03. The summed E-state index contributed by atoms with van der Waals surface area (Å²) >= 11 is 0.840. The second-order valence-electron chi connectivity index (χ2n) is 5.46. The Morgan fingerprint density at radius 1 is 1.04 bits per heavy atom. The summed E-state index contributed by atoms with van der Waals surface area (Å²) < 4.78 is 1.20. The van der Waals surface area contributed by atoms with E-state index < -0.39 is 5.91 Å². The van der Waals surface area contributed by atoms with Crippen LogP contribution in [0.15, 0.2) is 64.4 Å². The van der Waals surface area contributed by atoms with E-state index in [1.807, 2.05) is 30.3 Å². The lowest BCUT2D eigenvalue weighted by molar-refractivity contribution is -0.112. The Kier molecular flexibility index (Phi) is 3.70. The minimum absolute atomic E-state index is 0.103. The number of amides is 1. The number of fused-ring (bicyclic) bond motifs is 1. The number of anilines is 1. The summed E-state index contributed by atoms with van der Waals surface area (Å²) in [4.78, 5) is 28.4. The SMILES string of the molecule is O=C1N=c2ccccc2=C1c1sc(=O)n(CNc2ccccc2)c1O. The molecule has 3 aromatic rings. The van der Waals surface area contributed by atoms with Gasteiger partial charge in [-0.2, -0.15) is 0 Å². The molecule has 0 unspecified atom stereocenters. The van der Waals surface area contributed by atoms with Gasteiger partial charge in [-0.25, -0.2) is 4.99 Å². The van der Waals surface area contributed by atoms with Crippen LogP contribution in [0.25, 0.3) is 5.57 Å². The summed E-state index contributed by atoms with van der Waals surface area (Å²) in [6.07, 6.45) is 0. The van der Waals surface area contributed by atoms with Crippen LogP contribution in [0.1, 0.15) is 4.88 Å². The molecule has 4 rings (SSSR count). The number of carbonyl (C=O) groups excluding carboxylic acids is 1. The molecule has 2 N–H and O–H groups in total. The van der Waals surface area contributed by atoms with Crippen LogP contribution in [-0.2, 0) is 11.5 Å². The van der Waals surface area contributed by atoms with Gasteiger partial charge in [-0.3, -0.25) is 14.2 Å². The number of carbonyl (C=O) groups is 1. The van der Waals surface area contributed by atoms with Crippen LogP contribution < -0.4 is 20.8 Å². The lowest BCUT2D eigenvalue weighted by atomic mass is 10.1. The van der Waals surface area contributed by atoms with Crippen molar-refractivity contribution in [2.24, 2.45) is 4.99 Å². The topological polar surface area (TPSA) is 83.7 Å². The Morgan fingerprint density at radius 3 is 2.56 bits per heavy atom. The highest BCUT2D eigenvalue weighted by atomic mass is 32.1. The van der Waals surface area contributed by atoms with Crippen LogP contribution in [0, 0.1) is 0 Å². The molecule has 2 aromatic carbocycles. The highest BCUT2D eigenvalue weighted by molar-refractivity contribution is 7.11. The minimum atomic E-state index is -0.444. The molecule has 6 nitrogen and oxygen atoms in total. The average molecular weight is 351 g/mol. The first kappa shape index (κ1) is 15.3. The predicted octanol–water partition coefficient (Wildman–Crippen LogP) is 1.04. The first-order valence-corrected chi connectivity index (χ1v) is 8.41. The van der Waals surface area contributed by atoms with Gasteiger partial charge in [-0.15, -0.1) is 0 Å². The number of hydrogen-bond donors (Lipinski definition) is 2. The number of aromatic nitrogens is 1. The molecule has 25 heavy (non-hydrogen) atoms. The van der Waals surface area contributed by atoms with Crippen molar-refractivity contribution >= 4 is 28.5 Å². The van der Waals surface area contributed by atoms with Crippen molar-refractivity contribution in [1.29, 1.82) is 0 Å². The first-order chi connectivity index (χ1) is 12.1. The Balaban J connectivity index is 1.76. The Hall–Kier alpha value is -3.19. The van der Waals surface area contributed by atoms with E-state index in [1.54, 1.807) is 24.3 Å². The third kappa shape index (κ3) is 2.64.